The molecule has 1 atom stereocenters. The molecule has 6 heteroatoms. The number of amides is 1. The Morgan fingerprint density at radius 3 is 2.89 bits per heavy atom. The van der Waals surface area contributed by atoms with E-state index in [0.29, 0.717) is 17.3 Å². The molecule has 2 rings (SSSR count). The van der Waals surface area contributed by atoms with Crippen molar-refractivity contribution in [1.29, 1.82) is 0 Å². The molecule has 0 aliphatic heterocycles. The number of halogens is 1. The van der Waals surface area contributed by atoms with Gasteiger partial charge in [0.05, 0.1) is 28.9 Å². The molecular formula is C13H15ClN4O. The number of hydrogen-bond donors (Lipinski definition) is 2. The van der Waals surface area contributed by atoms with Crippen LogP contribution in [0.1, 0.15) is 18.7 Å². The van der Waals surface area contributed by atoms with Crippen LogP contribution in [-0.2, 0) is 11.3 Å². The normalized spacial score (nSPS) is 12.1. The lowest BCUT2D eigenvalue weighted by Gasteiger charge is -2.18. The van der Waals surface area contributed by atoms with E-state index in [1.165, 1.54) is 0 Å². The van der Waals surface area contributed by atoms with Gasteiger partial charge in [0.15, 0.2) is 0 Å². The smallest absolute Gasteiger partial charge is 0.246 e. The van der Waals surface area contributed by atoms with Gasteiger partial charge in [0, 0.05) is 6.54 Å². The number of rotatable bonds is 5. The minimum absolute atomic E-state index is 0.477. The van der Waals surface area contributed by atoms with Crippen molar-refractivity contribution >= 4 is 23.2 Å². The number of anilines is 1. The molecule has 5 nitrogen and oxygen atoms in total. The number of nitrogens with two attached hydrogens (primary N) is 1. The average Bonchev–Trinajstić information content (AvgIpc) is 2.85. The fraction of sp³-hybridized carbons (Fsp3) is 0.231. The fourth-order valence-corrected chi connectivity index (χ4v) is 2.05. The summed E-state index contributed by atoms with van der Waals surface area (Å²) in [6, 6.07) is 6.54. The van der Waals surface area contributed by atoms with E-state index in [0.717, 1.165) is 5.69 Å². The van der Waals surface area contributed by atoms with E-state index >= 15 is 0 Å². The molecule has 1 aromatic heterocycles. The van der Waals surface area contributed by atoms with Gasteiger partial charge in [-0.15, -0.1) is 0 Å². The number of carbonyl (C=O) groups excluding carboxylic acids is 1. The molecule has 1 amide bonds. The number of aromatic nitrogens is 2. The van der Waals surface area contributed by atoms with Gasteiger partial charge in [-0.25, -0.2) is 4.98 Å². The summed E-state index contributed by atoms with van der Waals surface area (Å²) in [6.45, 7) is 2.68. The van der Waals surface area contributed by atoms with E-state index in [1.807, 2.05) is 23.6 Å². The van der Waals surface area contributed by atoms with Crippen molar-refractivity contribution in [1.82, 2.24) is 9.55 Å². The van der Waals surface area contributed by atoms with E-state index in [-0.39, 0.29) is 0 Å². The Labute approximate surface area is 116 Å². The molecule has 0 aliphatic carbocycles. The highest BCUT2D eigenvalue weighted by Gasteiger charge is 2.21. The maximum atomic E-state index is 11.7. The molecule has 3 N–H and O–H groups in total. The fourth-order valence-electron chi connectivity index (χ4n) is 1.86. The highest BCUT2D eigenvalue weighted by atomic mass is 35.5. The number of para-hydroxylation sites is 1. The SMILES string of the molecule is CCn1cncc1C(Nc1ccccc1Cl)C(N)=O. The standard InChI is InChI=1S/C13H15ClN4O/c1-2-18-8-16-7-11(18)12(13(15)19)17-10-6-4-3-5-9(10)14/h3-8,12,17H,2H2,1H3,(H2,15,19). The number of carbonyl (C=O) groups is 1. The zero-order valence-corrected chi connectivity index (χ0v) is 11.3. The maximum Gasteiger partial charge on any atom is 0.246 e. The van der Waals surface area contributed by atoms with Gasteiger partial charge in [0.2, 0.25) is 5.91 Å². The number of aryl methyl sites for hydroxylation is 1. The van der Waals surface area contributed by atoms with Gasteiger partial charge in [-0.1, -0.05) is 23.7 Å². The van der Waals surface area contributed by atoms with E-state index in [1.54, 1.807) is 24.7 Å². The summed E-state index contributed by atoms with van der Waals surface area (Å²) in [7, 11) is 0. The Kier molecular flexibility index (Phi) is 4.06. The van der Waals surface area contributed by atoms with Gasteiger partial charge in [-0.2, -0.15) is 0 Å². The van der Waals surface area contributed by atoms with Crippen LogP contribution in [0.25, 0.3) is 0 Å². The van der Waals surface area contributed by atoms with Crippen LogP contribution in [0.5, 0.6) is 0 Å². The second-order valence-corrected chi connectivity index (χ2v) is 4.47. The number of imidazole rings is 1. The van der Waals surface area contributed by atoms with Crippen molar-refractivity contribution in [2.24, 2.45) is 5.73 Å². The number of nitrogens with zero attached hydrogens (tertiary/aromatic N) is 2. The molecule has 2 aromatic rings. The van der Waals surface area contributed by atoms with Crippen LogP contribution < -0.4 is 11.1 Å². The van der Waals surface area contributed by atoms with Gasteiger partial charge >= 0.3 is 0 Å². The van der Waals surface area contributed by atoms with Crippen molar-refractivity contribution < 1.29 is 4.79 Å². The molecule has 100 valence electrons. The lowest BCUT2D eigenvalue weighted by molar-refractivity contribution is -0.119. The molecule has 0 spiro atoms. The van der Waals surface area contributed by atoms with Crippen LogP contribution in [0.15, 0.2) is 36.8 Å². The minimum Gasteiger partial charge on any atom is -0.368 e. The lowest BCUT2D eigenvalue weighted by atomic mass is 10.2. The van der Waals surface area contributed by atoms with Gasteiger partial charge in [0.25, 0.3) is 0 Å². The van der Waals surface area contributed by atoms with Crippen LogP contribution in [0.2, 0.25) is 5.02 Å². The Balaban J connectivity index is 2.32. The van der Waals surface area contributed by atoms with E-state index in [4.69, 9.17) is 17.3 Å². The summed E-state index contributed by atoms with van der Waals surface area (Å²) in [6.07, 6.45) is 3.29. The second kappa shape index (κ2) is 5.75. The number of benzene rings is 1. The molecule has 0 fully saturated rings. The minimum atomic E-state index is -0.664. The molecule has 0 bridgehead atoms. The summed E-state index contributed by atoms with van der Waals surface area (Å²) < 4.78 is 1.86. The summed E-state index contributed by atoms with van der Waals surface area (Å²) in [5, 5.41) is 3.59. The molecule has 0 saturated heterocycles. The van der Waals surface area contributed by atoms with Crippen molar-refractivity contribution in [2.75, 3.05) is 5.32 Å². The molecule has 1 unspecified atom stereocenters. The third kappa shape index (κ3) is 2.88. The quantitative estimate of drug-likeness (QED) is 0.880. The molecule has 1 heterocycles. The lowest BCUT2D eigenvalue weighted by Crippen LogP contribution is -2.29. The van der Waals surface area contributed by atoms with E-state index < -0.39 is 11.9 Å². The van der Waals surface area contributed by atoms with Crippen LogP contribution in [-0.4, -0.2) is 15.5 Å². The van der Waals surface area contributed by atoms with Gasteiger partial charge in [-0.3, -0.25) is 4.79 Å². The first-order valence-corrected chi connectivity index (χ1v) is 6.31. The van der Waals surface area contributed by atoms with Gasteiger partial charge in [-0.05, 0) is 19.1 Å². The predicted octanol–water partition coefficient (Wildman–Crippen LogP) is 2.19. The topological polar surface area (TPSA) is 72.9 Å². The first kappa shape index (κ1) is 13.4. The number of hydrogen-bond acceptors (Lipinski definition) is 3. The van der Waals surface area contributed by atoms with Gasteiger partial charge in [0.1, 0.15) is 6.04 Å². The Morgan fingerprint density at radius 2 is 2.26 bits per heavy atom. The zero-order valence-electron chi connectivity index (χ0n) is 10.5. The summed E-state index contributed by atoms with van der Waals surface area (Å²) >= 11 is 6.07. The Hall–Kier alpha value is -2.01. The first-order valence-electron chi connectivity index (χ1n) is 5.94. The van der Waals surface area contributed by atoms with Crippen LogP contribution in [0.3, 0.4) is 0 Å². The average molecular weight is 279 g/mol. The second-order valence-electron chi connectivity index (χ2n) is 4.06. The molecule has 1 aromatic carbocycles. The number of primary amides is 1. The predicted molar refractivity (Wildman–Crippen MR) is 74.9 cm³/mol. The van der Waals surface area contributed by atoms with Crippen LogP contribution >= 0.6 is 11.6 Å². The third-order valence-electron chi connectivity index (χ3n) is 2.84. The van der Waals surface area contributed by atoms with E-state index in [2.05, 4.69) is 10.3 Å². The van der Waals surface area contributed by atoms with Crippen molar-refractivity contribution in [2.45, 2.75) is 19.5 Å². The molecule has 0 radical (unpaired) electrons. The monoisotopic (exact) mass is 278 g/mol. The summed E-state index contributed by atoms with van der Waals surface area (Å²) in [4.78, 5) is 15.7. The van der Waals surface area contributed by atoms with Crippen molar-refractivity contribution in [3.8, 4) is 0 Å². The molecular weight excluding hydrogens is 264 g/mol. The van der Waals surface area contributed by atoms with Crippen molar-refractivity contribution in [3.63, 3.8) is 0 Å². The first-order chi connectivity index (χ1) is 9.13. The maximum absolute atomic E-state index is 11.7. The Morgan fingerprint density at radius 1 is 1.53 bits per heavy atom. The van der Waals surface area contributed by atoms with E-state index in [9.17, 15) is 4.79 Å². The van der Waals surface area contributed by atoms with Crippen molar-refractivity contribution in [3.05, 3.63) is 47.5 Å². The molecule has 0 saturated carbocycles. The van der Waals surface area contributed by atoms with Crippen LogP contribution in [0, 0.1) is 0 Å². The largest absolute Gasteiger partial charge is 0.368 e. The van der Waals surface area contributed by atoms with Gasteiger partial charge < -0.3 is 15.6 Å². The summed E-state index contributed by atoms with van der Waals surface area (Å²) in [5.41, 5.74) is 6.85. The third-order valence-corrected chi connectivity index (χ3v) is 3.17. The molecule has 19 heavy (non-hydrogen) atoms. The number of nitrogens with one attached hydrogen (secondary N) is 1. The highest BCUT2D eigenvalue weighted by Crippen LogP contribution is 2.25. The summed E-state index contributed by atoms with van der Waals surface area (Å²) in [5.74, 6) is -0.477. The highest BCUT2D eigenvalue weighted by molar-refractivity contribution is 6.33. The zero-order chi connectivity index (χ0) is 13.8. The Bertz CT molecular complexity index is 582. The molecule has 0 aliphatic rings. The van der Waals surface area contributed by atoms with Crippen LogP contribution in [0.4, 0.5) is 5.69 Å².